The number of nitrogens with zero attached hydrogens (tertiary/aromatic N) is 1. The van der Waals surface area contributed by atoms with E-state index in [2.05, 4.69) is 11.8 Å². The van der Waals surface area contributed by atoms with E-state index >= 15 is 0 Å². The Morgan fingerprint density at radius 1 is 1.62 bits per heavy atom. The van der Waals surface area contributed by atoms with Crippen LogP contribution in [0.5, 0.6) is 0 Å². The average molecular weight is 186 g/mol. The molecule has 78 valence electrons. The lowest BCUT2D eigenvalue weighted by Crippen LogP contribution is -2.42. The van der Waals surface area contributed by atoms with Crippen LogP contribution in [0.3, 0.4) is 0 Å². The third-order valence-electron chi connectivity index (χ3n) is 2.92. The topological polar surface area (TPSA) is 49.5 Å². The summed E-state index contributed by atoms with van der Waals surface area (Å²) < 4.78 is 0. The van der Waals surface area contributed by atoms with Crippen LogP contribution in [0.25, 0.3) is 0 Å². The molecule has 0 spiro atoms. The Labute approximate surface area is 80.9 Å². The van der Waals surface area contributed by atoms with Gasteiger partial charge in [-0.15, -0.1) is 0 Å². The van der Waals surface area contributed by atoms with E-state index in [9.17, 15) is 5.11 Å². The molecule has 3 nitrogen and oxygen atoms in total. The molecule has 1 fully saturated rings. The molecule has 0 aliphatic carbocycles. The van der Waals surface area contributed by atoms with Crippen LogP contribution in [0.1, 0.15) is 26.2 Å². The first-order valence-electron chi connectivity index (χ1n) is 5.36. The number of hydrogen-bond acceptors (Lipinski definition) is 3. The Bertz CT molecular complexity index is 139. The van der Waals surface area contributed by atoms with E-state index in [1.165, 1.54) is 19.3 Å². The van der Waals surface area contributed by atoms with E-state index < -0.39 is 0 Å². The quantitative estimate of drug-likeness (QED) is 0.669. The van der Waals surface area contributed by atoms with Crippen LogP contribution >= 0.6 is 0 Å². The first-order valence-corrected chi connectivity index (χ1v) is 5.36. The van der Waals surface area contributed by atoms with Crippen molar-refractivity contribution in [3.63, 3.8) is 0 Å². The van der Waals surface area contributed by atoms with Crippen molar-refractivity contribution in [2.45, 2.75) is 32.3 Å². The lowest BCUT2D eigenvalue weighted by Gasteiger charge is -2.33. The van der Waals surface area contributed by atoms with E-state index in [1.54, 1.807) is 0 Å². The molecule has 13 heavy (non-hydrogen) atoms. The van der Waals surface area contributed by atoms with Crippen LogP contribution < -0.4 is 5.73 Å². The lowest BCUT2D eigenvalue weighted by atomic mass is 9.95. The summed E-state index contributed by atoms with van der Waals surface area (Å²) in [4.78, 5) is 2.34. The van der Waals surface area contributed by atoms with Crippen LogP contribution in [-0.2, 0) is 0 Å². The molecule has 0 aromatic carbocycles. The average Bonchev–Trinajstić information content (AvgIpc) is 2.18. The van der Waals surface area contributed by atoms with Gasteiger partial charge in [-0.2, -0.15) is 0 Å². The van der Waals surface area contributed by atoms with Gasteiger partial charge in [0.15, 0.2) is 0 Å². The molecule has 0 amide bonds. The van der Waals surface area contributed by atoms with Gasteiger partial charge in [0.2, 0.25) is 0 Å². The van der Waals surface area contributed by atoms with Crippen LogP contribution in [-0.4, -0.2) is 42.3 Å². The number of aliphatic hydroxyl groups excluding tert-OH is 1. The maximum atomic E-state index is 9.40. The summed E-state index contributed by atoms with van der Waals surface area (Å²) in [6.07, 6.45) is 3.55. The Morgan fingerprint density at radius 2 is 2.38 bits per heavy atom. The van der Waals surface area contributed by atoms with Gasteiger partial charge in [0.1, 0.15) is 0 Å². The second-order valence-electron chi connectivity index (χ2n) is 4.07. The van der Waals surface area contributed by atoms with Gasteiger partial charge in [-0.1, -0.05) is 13.3 Å². The molecule has 1 heterocycles. The van der Waals surface area contributed by atoms with Gasteiger partial charge in [0.05, 0.1) is 6.10 Å². The summed E-state index contributed by atoms with van der Waals surface area (Å²) >= 11 is 0. The fourth-order valence-corrected chi connectivity index (χ4v) is 2.02. The Morgan fingerprint density at radius 3 is 3.00 bits per heavy atom. The third-order valence-corrected chi connectivity index (χ3v) is 2.92. The number of aliphatic hydroxyl groups is 1. The first-order chi connectivity index (χ1) is 6.26. The molecule has 1 aliphatic heterocycles. The predicted octanol–water partition coefficient (Wildman–Crippen LogP) is 0.428. The van der Waals surface area contributed by atoms with Crippen LogP contribution in [0.2, 0.25) is 0 Å². The smallest absolute Gasteiger partial charge is 0.0789 e. The number of piperidine rings is 1. The molecule has 1 saturated heterocycles. The van der Waals surface area contributed by atoms with Crippen LogP contribution in [0.15, 0.2) is 0 Å². The minimum absolute atomic E-state index is 0.337. The van der Waals surface area contributed by atoms with Gasteiger partial charge in [0.25, 0.3) is 0 Å². The summed E-state index contributed by atoms with van der Waals surface area (Å²) in [7, 11) is 0. The van der Waals surface area contributed by atoms with Crippen molar-refractivity contribution in [1.29, 1.82) is 0 Å². The monoisotopic (exact) mass is 186 g/mol. The lowest BCUT2D eigenvalue weighted by molar-refractivity contribution is 0.0883. The molecule has 3 N–H and O–H groups in total. The van der Waals surface area contributed by atoms with Gasteiger partial charge in [-0.05, 0) is 25.3 Å². The summed E-state index contributed by atoms with van der Waals surface area (Å²) in [5.41, 5.74) is 5.38. The molecule has 2 unspecified atom stereocenters. The fourth-order valence-electron chi connectivity index (χ4n) is 2.02. The van der Waals surface area contributed by atoms with E-state index in [-0.39, 0.29) is 6.10 Å². The van der Waals surface area contributed by atoms with Crippen molar-refractivity contribution < 1.29 is 5.11 Å². The van der Waals surface area contributed by atoms with Gasteiger partial charge >= 0.3 is 0 Å². The van der Waals surface area contributed by atoms with E-state index in [0.29, 0.717) is 6.54 Å². The van der Waals surface area contributed by atoms with Crippen LogP contribution in [0.4, 0.5) is 0 Å². The molecule has 1 aliphatic rings. The van der Waals surface area contributed by atoms with Crippen molar-refractivity contribution in [3.8, 4) is 0 Å². The highest BCUT2D eigenvalue weighted by Gasteiger charge is 2.19. The zero-order chi connectivity index (χ0) is 9.68. The van der Waals surface area contributed by atoms with Crippen molar-refractivity contribution in [2.75, 3.05) is 26.2 Å². The van der Waals surface area contributed by atoms with Crippen molar-refractivity contribution >= 4 is 0 Å². The van der Waals surface area contributed by atoms with Crippen LogP contribution in [0, 0.1) is 5.92 Å². The summed E-state index contributed by atoms with van der Waals surface area (Å²) in [6.45, 7) is 5.66. The molecular formula is C10H22N2O. The highest BCUT2D eigenvalue weighted by Crippen LogP contribution is 2.18. The second kappa shape index (κ2) is 5.58. The number of nitrogens with two attached hydrogens (primary N) is 1. The normalized spacial score (nSPS) is 27.5. The van der Waals surface area contributed by atoms with Gasteiger partial charge in [-0.3, -0.25) is 0 Å². The van der Waals surface area contributed by atoms with Gasteiger partial charge < -0.3 is 15.7 Å². The summed E-state index contributed by atoms with van der Waals surface area (Å²) in [5, 5.41) is 9.40. The van der Waals surface area contributed by atoms with E-state index in [0.717, 1.165) is 25.6 Å². The summed E-state index contributed by atoms with van der Waals surface area (Å²) in [5.74, 6) is 0.832. The van der Waals surface area contributed by atoms with E-state index in [1.807, 2.05) is 0 Å². The van der Waals surface area contributed by atoms with Gasteiger partial charge in [0, 0.05) is 19.6 Å². The SMILES string of the molecule is CCC1CCCN(CC(O)CN)C1. The highest BCUT2D eigenvalue weighted by molar-refractivity contribution is 4.74. The number of rotatable bonds is 4. The zero-order valence-corrected chi connectivity index (χ0v) is 8.58. The Hall–Kier alpha value is -0.120. The second-order valence-corrected chi connectivity index (χ2v) is 4.07. The highest BCUT2D eigenvalue weighted by atomic mass is 16.3. The number of likely N-dealkylation sites (tertiary alicyclic amines) is 1. The molecule has 0 aromatic heterocycles. The number of hydrogen-bond donors (Lipinski definition) is 2. The summed E-state index contributed by atoms with van der Waals surface area (Å²) in [6, 6.07) is 0. The minimum atomic E-state index is -0.337. The van der Waals surface area contributed by atoms with E-state index in [4.69, 9.17) is 5.73 Å². The van der Waals surface area contributed by atoms with Gasteiger partial charge in [-0.25, -0.2) is 0 Å². The molecule has 0 bridgehead atoms. The maximum absolute atomic E-state index is 9.40. The Balaban J connectivity index is 2.25. The maximum Gasteiger partial charge on any atom is 0.0789 e. The molecule has 2 atom stereocenters. The Kier molecular flexibility index (Phi) is 4.70. The molecule has 0 saturated carbocycles. The third kappa shape index (κ3) is 3.63. The predicted molar refractivity (Wildman–Crippen MR) is 54.5 cm³/mol. The zero-order valence-electron chi connectivity index (χ0n) is 8.58. The van der Waals surface area contributed by atoms with Crippen molar-refractivity contribution in [1.82, 2.24) is 4.90 Å². The minimum Gasteiger partial charge on any atom is -0.390 e. The van der Waals surface area contributed by atoms with Crippen molar-refractivity contribution in [2.24, 2.45) is 11.7 Å². The molecular weight excluding hydrogens is 164 g/mol. The molecule has 0 radical (unpaired) electrons. The first kappa shape index (κ1) is 11.0. The molecule has 0 aromatic rings. The number of β-amino-alcohol motifs (C(OH)–C–C–N with tert-alkyl or cyclic N) is 1. The molecule has 3 heteroatoms. The fraction of sp³-hybridized carbons (Fsp3) is 1.00. The molecule has 1 rings (SSSR count). The largest absolute Gasteiger partial charge is 0.390 e. The standard InChI is InChI=1S/C10H22N2O/c1-2-9-4-3-5-12(7-9)8-10(13)6-11/h9-10,13H,2-8,11H2,1H3. The van der Waals surface area contributed by atoms with Crippen molar-refractivity contribution in [3.05, 3.63) is 0 Å².